The van der Waals surface area contributed by atoms with Crippen LogP contribution in [0.15, 0.2) is 54.6 Å². The Morgan fingerprint density at radius 2 is 1.51 bits per heavy atom. The molecule has 2 saturated heterocycles. The van der Waals surface area contributed by atoms with Gasteiger partial charge < -0.3 is 25.1 Å². The monoisotopic (exact) mass is 581 g/mol. The number of nitrogens with one attached hydrogen (secondary N) is 1. The summed E-state index contributed by atoms with van der Waals surface area (Å²) in [4.78, 5) is 43.0. The summed E-state index contributed by atoms with van der Waals surface area (Å²) in [6.45, 7) is 8.26. The van der Waals surface area contributed by atoms with E-state index >= 15 is 0 Å². The van der Waals surface area contributed by atoms with E-state index in [-0.39, 0.29) is 18.2 Å². The van der Waals surface area contributed by atoms with Crippen molar-refractivity contribution in [1.29, 1.82) is 0 Å². The number of hydrogen-bond acceptors (Lipinski definition) is 6. The summed E-state index contributed by atoms with van der Waals surface area (Å²) in [5.41, 5.74) is 1.56. The van der Waals surface area contributed by atoms with E-state index in [1.54, 1.807) is 17.0 Å². The molecule has 0 radical (unpaired) electrons. The number of carboxylic acids is 1. The lowest BCUT2D eigenvalue weighted by Crippen LogP contribution is -2.50. The first-order valence-electron chi connectivity index (χ1n) is 13.4. The fraction of sp³-hybridized carbons (Fsp3) is 0.464. The molecule has 2 fully saturated rings. The van der Waals surface area contributed by atoms with Crippen LogP contribution in [0.2, 0.25) is 0 Å². The third-order valence-corrected chi connectivity index (χ3v) is 6.85. The second-order valence-corrected chi connectivity index (χ2v) is 9.65. The summed E-state index contributed by atoms with van der Waals surface area (Å²) >= 11 is 0. The maximum absolute atomic E-state index is 13.8. The minimum atomic E-state index is -5.08. The van der Waals surface area contributed by atoms with Crippen molar-refractivity contribution < 1.29 is 37.1 Å². The molecule has 2 aromatic carbocycles. The zero-order chi connectivity index (χ0) is 29.8. The Hall–Kier alpha value is -3.71. The second-order valence-electron chi connectivity index (χ2n) is 9.65. The number of alkyl halides is 3. The van der Waals surface area contributed by atoms with Crippen LogP contribution in [-0.4, -0.2) is 116 Å². The van der Waals surface area contributed by atoms with Gasteiger partial charge in [-0.25, -0.2) is 9.18 Å². The van der Waals surface area contributed by atoms with Crippen molar-refractivity contribution in [1.82, 2.24) is 20.0 Å². The molecule has 2 aromatic rings. The van der Waals surface area contributed by atoms with Crippen molar-refractivity contribution in [2.24, 2.45) is 0 Å². The van der Waals surface area contributed by atoms with Crippen LogP contribution < -0.4 is 10.2 Å². The summed E-state index contributed by atoms with van der Waals surface area (Å²) in [5.74, 6) is -3.35. The molecule has 2 heterocycles. The van der Waals surface area contributed by atoms with Gasteiger partial charge in [0, 0.05) is 89.7 Å². The summed E-state index contributed by atoms with van der Waals surface area (Å²) in [6.07, 6.45) is -4.80. The fourth-order valence-corrected chi connectivity index (χ4v) is 4.55. The molecule has 2 N–H and O–H groups in total. The number of rotatable bonds is 8. The first kappa shape index (κ1) is 31.8. The fourth-order valence-electron chi connectivity index (χ4n) is 4.55. The number of halogens is 4. The lowest BCUT2D eigenvalue weighted by molar-refractivity contribution is -0.192. The highest BCUT2D eigenvalue weighted by atomic mass is 19.4. The normalized spacial score (nSPS) is 16.0. The Kier molecular flexibility index (Phi) is 11.9. The van der Waals surface area contributed by atoms with E-state index in [1.807, 2.05) is 11.0 Å². The molecule has 0 spiro atoms. The summed E-state index contributed by atoms with van der Waals surface area (Å²) in [6, 6.07) is 16.2. The Morgan fingerprint density at radius 3 is 2.10 bits per heavy atom. The Labute approximate surface area is 236 Å². The maximum Gasteiger partial charge on any atom is 0.490 e. The van der Waals surface area contributed by atoms with Gasteiger partial charge in [0.15, 0.2) is 0 Å². The smallest absolute Gasteiger partial charge is 0.475 e. The van der Waals surface area contributed by atoms with E-state index in [9.17, 15) is 27.2 Å². The average Bonchev–Trinajstić information content (AvgIpc) is 2.98. The number of aliphatic carboxylic acids is 1. The van der Waals surface area contributed by atoms with Crippen LogP contribution in [0.4, 0.5) is 23.2 Å². The van der Waals surface area contributed by atoms with Gasteiger partial charge in [0.25, 0.3) is 5.91 Å². The van der Waals surface area contributed by atoms with Crippen molar-refractivity contribution in [3.8, 4) is 0 Å². The van der Waals surface area contributed by atoms with E-state index in [0.717, 1.165) is 45.8 Å². The van der Waals surface area contributed by atoms with E-state index in [4.69, 9.17) is 9.90 Å². The van der Waals surface area contributed by atoms with Gasteiger partial charge in [-0.2, -0.15) is 13.2 Å². The van der Waals surface area contributed by atoms with Gasteiger partial charge in [-0.15, -0.1) is 0 Å². The highest BCUT2D eigenvalue weighted by Gasteiger charge is 2.38. The van der Waals surface area contributed by atoms with Crippen molar-refractivity contribution in [3.63, 3.8) is 0 Å². The van der Waals surface area contributed by atoms with Crippen LogP contribution in [-0.2, 0) is 9.59 Å². The number of carbonyl (C=O) groups is 3. The zero-order valence-corrected chi connectivity index (χ0v) is 22.7. The first-order chi connectivity index (χ1) is 19.5. The lowest BCUT2D eigenvalue weighted by Gasteiger charge is -2.37. The molecule has 0 unspecified atom stereocenters. The molecule has 0 saturated carbocycles. The molecular formula is C28H35F4N5O4. The molecule has 0 atom stereocenters. The molecule has 2 aliphatic rings. The van der Waals surface area contributed by atoms with Gasteiger partial charge in [0.1, 0.15) is 5.82 Å². The Morgan fingerprint density at radius 1 is 0.878 bits per heavy atom. The van der Waals surface area contributed by atoms with Gasteiger partial charge in [0.05, 0.1) is 0 Å². The highest BCUT2D eigenvalue weighted by Crippen LogP contribution is 2.16. The van der Waals surface area contributed by atoms with Gasteiger partial charge in [-0.1, -0.05) is 24.3 Å². The highest BCUT2D eigenvalue weighted by molar-refractivity contribution is 5.94. The minimum Gasteiger partial charge on any atom is -0.475 e. The predicted octanol–water partition coefficient (Wildman–Crippen LogP) is 2.55. The van der Waals surface area contributed by atoms with Crippen LogP contribution >= 0.6 is 0 Å². The number of carboxylic acid groups (broad SMARTS) is 1. The Balaban J connectivity index is 0.000000587. The number of carbonyl (C=O) groups excluding carboxylic acids is 2. The van der Waals surface area contributed by atoms with E-state index in [0.29, 0.717) is 31.7 Å². The summed E-state index contributed by atoms with van der Waals surface area (Å²) in [7, 11) is 0. The van der Waals surface area contributed by atoms with E-state index < -0.39 is 18.0 Å². The predicted molar refractivity (Wildman–Crippen MR) is 145 cm³/mol. The molecule has 0 bridgehead atoms. The van der Waals surface area contributed by atoms with Crippen molar-refractivity contribution >= 4 is 23.5 Å². The zero-order valence-electron chi connectivity index (χ0n) is 22.7. The molecule has 2 amide bonds. The maximum atomic E-state index is 13.8. The van der Waals surface area contributed by atoms with Gasteiger partial charge in [0.2, 0.25) is 5.91 Å². The van der Waals surface area contributed by atoms with Crippen molar-refractivity contribution in [3.05, 3.63) is 66.0 Å². The topological polar surface area (TPSA) is 96.4 Å². The standard InChI is InChI=1S/C26H34FN5O2.C2HF3O2/c27-23-6-4-5-22(21-23)26(34)32(12-9-25(33)31-13-10-28-11-14-31)20-17-29-15-18-30(19-16-29)24-7-2-1-3-8-24;3-2(4,5)1(6)7/h1-8,21,28H,9-20H2;(H,6,7). The summed E-state index contributed by atoms with van der Waals surface area (Å²) < 4.78 is 45.5. The minimum absolute atomic E-state index is 0.0648. The van der Waals surface area contributed by atoms with Crippen molar-refractivity contribution in [2.45, 2.75) is 12.6 Å². The molecule has 0 aromatic heterocycles. The van der Waals surface area contributed by atoms with E-state index in [1.165, 1.54) is 17.8 Å². The number of piperazine rings is 2. The average molecular weight is 582 g/mol. The Bertz CT molecular complexity index is 1140. The van der Waals surface area contributed by atoms with E-state index in [2.05, 4.69) is 39.4 Å². The van der Waals surface area contributed by atoms with Crippen LogP contribution in [0, 0.1) is 5.82 Å². The third kappa shape index (κ3) is 10.3. The van der Waals surface area contributed by atoms with Crippen molar-refractivity contribution in [2.75, 3.05) is 76.9 Å². The van der Waals surface area contributed by atoms with Crippen LogP contribution in [0.5, 0.6) is 0 Å². The van der Waals surface area contributed by atoms with Crippen LogP contribution in [0.3, 0.4) is 0 Å². The number of para-hydroxylation sites is 1. The van der Waals surface area contributed by atoms with Crippen LogP contribution in [0.1, 0.15) is 16.8 Å². The molecular weight excluding hydrogens is 546 g/mol. The number of hydrogen-bond donors (Lipinski definition) is 2. The second kappa shape index (κ2) is 15.3. The number of amides is 2. The SMILES string of the molecule is O=C(CCN(CCN1CCN(c2ccccc2)CC1)C(=O)c1cccc(F)c1)N1CCNCC1.O=C(O)C(F)(F)F. The molecule has 41 heavy (non-hydrogen) atoms. The van der Waals surface area contributed by atoms with Crippen LogP contribution in [0.25, 0.3) is 0 Å². The van der Waals surface area contributed by atoms with Gasteiger partial charge in [-0.3, -0.25) is 14.5 Å². The number of anilines is 1. The summed E-state index contributed by atoms with van der Waals surface area (Å²) in [5, 5.41) is 10.4. The molecule has 13 heteroatoms. The third-order valence-electron chi connectivity index (χ3n) is 6.85. The molecule has 2 aliphatic heterocycles. The number of benzene rings is 2. The quantitative estimate of drug-likeness (QED) is 0.463. The molecule has 224 valence electrons. The molecule has 0 aliphatic carbocycles. The lowest BCUT2D eigenvalue weighted by atomic mass is 10.1. The van der Waals surface area contributed by atoms with Gasteiger partial charge in [-0.05, 0) is 30.3 Å². The van der Waals surface area contributed by atoms with Gasteiger partial charge >= 0.3 is 12.1 Å². The first-order valence-corrected chi connectivity index (χ1v) is 13.4. The molecule has 4 rings (SSSR count). The largest absolute Gasteiger partial charge is 0.490 e. The number of nitrogens with zero attached hydrogens (tertiary/aromatic N) is 4. The molecule has 9 nitrogen and oxygen atoms in total.